The van der Waals surface area contributed by atoms with Crippen molar-refractivity contribution in [1.82, 2.24) is 0 Å². The van der Waals surface area contributed by atoms with E-state index in [1.54, 1.807) is 0 Å². The zero-order valence-corrected chi connectivity index (χ0v) is 64.3. The number of carbonyl (C=O) groups excluding carboxylic acids is 4. The van der Waals surface area contributed by atoms with E-state index in [1.807, 2.05) is 220 Å². The van der Waals surface area contributed by atoms with E-state index < -0.39 is 36.1 Å². The normalized spacial score (nSPS) is 10.7. The van der Waals surface area contributed by atoms with Gasteiger partial charge in [-0.2, -0.15) is 0 Å². The Bertz CT molecular complexity index is 4500. The molecule has 562 valence electrons. The Hall–Kier alpha value is -10.3. The van der Waals surface area contributed by atoms with Gasteiger partial charge in [0.25, 0.3) is 0 Å². The lowest BCUT2D eigenvalue weighted by molar-refractivity contribution is -0.165. The lowest BCUT2D eigenvalue weighted by atomic mass is 9.91. The molecule has 106 heavy (non-hydrogen) atoms. The van der Waals surface area contributed by atoms with E-state index in [-0.39, 0.29) is 71.1 Å². The number of rotatable bonds is 16. The molecule has 0 atom stereocenters. The molecule has 0 aliphatic rings. The fraction of sp³-hybridized carbons (Fsp3) is 0.323. The van der Waals surface area contributed by atoms with Gasteiger partial charge in [-0.15, -0.1) is 0 Å². The molecular weight excluding hydrogens is 1330 g/mol. The van der Waals surface area contributed by atoms with Crippen LogP contribution in [-0.2, 0) is 68.6 Å². The van der Waals surface area contributed by atoms with Crippen LogP contribution in [0.15, 0.2) is 206 Å². The molecule has 0 aromatic heterocycles. The third-order valence-corrected chi connectivity index (χ3v) is 17.4. The molecule has 0 saturated heterocycles. The summed E-state index contributed by atoms with van der Waals surface area (Å²) in [6, 6.07) is 64.4. The van der Waals surface area contributed by atoms with Gasteiger partial charge in [0.1, 0.15) is 24.9 Å². The van der Waals surface area contributed by atoms with Gasteiger partial charge in [-0.05, 0) is 193 Å². The van der Waals surface area contributed by atoms with Crippen molar-refractivity contribution >= 4 is 116 Å². The van der Waals surface area contributed by atoms with E-state index in [9.17, 15) is 24.0 Å². The van der Waals surface area contributed by atoms with Crippen molar-refractivity contribution in [2.75, 3.05) is 26.4 Å². The van der Waals surface area contributed by atoms with Crippen LogP contribution in [-0.4, -0.2) is 94.5 Å². The Morgan fingerprint density at radius 3 is 0.755 bits per heavy atom. The first-order valence-corrected chi connectivity index (χ1v) is 36.5. The number of carbonyl (C=O) groups is 5. The predicted molar refractivity (Wildman–Crippen MR) is 441 cm³/mol. The number of aliphatic hydroxyl groups excluding tert-OH is 3. The van der Waals surface area contributed by atoms with E-state index in [0.717, 1.165) is 125 Å². The van der Waals surface area contributed by atoms with Gasteiger partial charge in [0.05, 0.1) is 38.9 Å². The number of carboxylic acids is 1. The minimum Gasteiger partial charge on any atom is -0.481 e. The number of allylic oxidation sites excluding steroid dienone is 2. The van der Waals surface area contributed by atoms with Crippen LogP contribution in [0, 0.1) is 27.7 Å². The van der Waals surface area contributed by atoms with Crippen LogP contribution in [0.5, 0.6) is 0 Å². The van der Waals surface area contributed by atoms with Gasteiger partial charge in [0, 0.05) is 6.92 Å². The molecule has 13 nitrogen and oxygen atoms in total. The number of aliphatic hydroxyl groups is 3. The smallest absolute Gasteiger partial charge is 0.310 e. The highest BCUT2D eigenvalue weighted by atomic mass is 16.6. The lowest BCUT2D eigenvalue weighted by Gasteiger charge is -2.20. The molecule has 0 fully saturated rings. The van der Waals surface area contributed by atoms with E-state index >= 15 is 0 Å². The van der Waals surface area contributed by atoms with Crippen LogP contribution in [0.25, 0.3) is 86.2 Å². The van der Waals surface area contributed by atoms with Gasteiger partial charge in [0.2, 0.25) is 0 Å². The summed E-state index contributed by atoms with van der Waals surface area (Å²) in [5.74, 6) is -2.49. The van der Waals surface area contributed by atoms with Gasteiger partial charge < -0.3 is 39.4 Å². The van der Waals surface area contributed by atoms with Crippen molar-refractivity contribution in [3.05, 3.63) is 251 Å². The van der Waals surface area contributed by atoms with Gasteiger partial charge in [-0.1, -0.05) is 268 Å². The highest BCUT2D eigenvalue weighted by Crippen LogP contribution is 2.37. The summed E-state index contributed by atoms with van der Waals surface area (Å²) < 4.78 is 22.7. The largest absolute Gasteiger partial charge is 0.481 e. The Morgan fingerprint density at radius 2 is 0.594 bits per heavy atom. The van der Waals surface area contributed by atoms with Gasteiger partial charge in [-0.3, -0.25) is 24.0 Å². The van der Waals surface area contributed by atoms with Crippen LogP contribution in [0.3, 0.4) is 0 Å². The van der Waals surface area contributed by atoms with Crippen LogP contribution in [0.4, 0.5) is 0 Å². The Labute approximate surface area is 627 Å². The summed E-state index contributed by atoms with van der Waals surface area (Å²) in [4.78, 5) is 62.9. The number of aliphatic carboxylic acids is 1. The Balaban J connectivity index is 0.000000418. The summed E-state index contributed by atoms with van der Waals surface area (Å²) in [7, 11) is 0. The summed E-state index contributed by atoms with van der Waals surface area (Å²) in [5, 5.41) is 49.8. The molecule has 13 heteroatoms. The molecule has 12 aromatic carbocycles. The molecule has 4 N–H and O–H groups in total. The molecule has 0 bridgehead atoms. The fourth-order valence-corrected chi connectivity index (χ4v) is 12.4. The molecule has 12 rings (SSSR count). The number of esters is 4. The number of hydrogen-bond acceptors (Lipinski definition) is 12. The van der Waals surface area contributed by atoms with Crippen molar-refractivity contribution in [3.63, 3.8) is 0 Å². The summed E-state index contributed by atoms with van der Waals surface area (Å²) >= 11 is 0. The average molecular weight is 1440 g/mol. The fourth-order valence-electron chi connectivity index (χ4n) is 12.4. The minimum atomic E-state index is -1.05. The lowest BCUT2D eigenvalue weighted by Crippen LogP contribution is -2.32. The van der Waals surface area contributed by atoms with Crippen LogP contribution >= 0.6 is 0 Å². The van der Waals surface area contributed by atoms with Crippen molar-refractivity contribution in [3.8, 4) is 0 Å². The summed E-state index contributed by atoms with van der Waals surface area (Å²) in [5.41, 5.74) is 7.80. The second-order valence-corrected chi connectivity index (χ2v) is 25.7. The standard InChI is InChI=1S/C54H44O6.C17H14O2.C6H12O2.C4H10.C4H8.C3H8O3.2C2H6.CH4/c1-33-37-16-4-10-22-43(37)49(44-23-11-5-17-38(33)44)28-52(55)58-31-36(60-54(57)30-51-47-26-14-8-20-41(47)35(3)42-21-9-15-27-48(42)51)32-59-53(56)29-50-45-24-12-6-18-39(45)34(2)40-19-7-13-25-46(40)50;1-11-12-6-2-4-8-14(12)16(10-17(18)19)15-9-5-3-7-13(11)15;1-5(7)8-6(2,3)4;2*1-3-4-2;4-1-3(6)2-5;2*1-2;/h4-27,36H,28-32H2,1-3H3;2-9H,10H2,1H3,(H,18,19);1-4H3;3-4H2,1-2H3;3-4H,1-2H3;3-6H,1-2H2;2*1-2H3;1H4. The number of fused-ring (bicyclic) bond motifs is 8. The number of aryl methyl sites for hydroxylation is 4. The highest BCUT2D eigenvalue weighted by Gasteiger charge is 2.25. The first-order valence-electron chi connectivity index (χ1n) is 36.5. The molecule has 0 aliphatic carbocycles. The third-order valence-electron chi connectivity index (χ3n) is 17.4. The maximum Gasteiger partial charge on any atom is 0.310 e. The second-order valence-electron chi connectivity index (χ2n) is 25.7. The van der Waals surface area contributed by atoms with E-state index in [0.29, 0.717) is 0 Å². The topological polar surface area (TPSA) is 203 Å². The van der Waals surface area contributed by atoms with Crippen LogP contribution < -0.4 is 0 Å². The maximum atomic E-state index is 14.0. The van der Waals surface area contributed by atoms with E-state index in [2.05, 4.69) is 90.1 Å². The number of unbranched alkanes of at least 4 members (excludes halogenated alkanes) is 1. The first kappa shape index (κ1) is 88.1. The zero-order valence-electron chi connectivity index (χ0n) is 64.3. The van der Waals surface area contributed by atoms with Gasteiger partial charge in [0.15, 0.2) is 6.10 Å². The molecule has 0 heterocycles. The monoisotopic (exact) mass is 1440 g/mol. The predicted octanol–water partition coefficient (Wildman–Crippen LogP) is 21.2. The number of benzene rings is 12. The highest BCUT2D eigenvalue weighted by molar-refractivity contribution is 6.11. The van der Waals surface area contributed by atoms with Gasteiger partial charge >= 0.3 is 29.8 Å². The van der Waals surface area contributed by atoms with Crippen LogP contribution in [0.2, 0.25) is 0 Å². The molecule has 0 spiro atoms. The minimum absolute atomic E-state index is 0. The first-order chi connectivity index (χ1) is 50.5. The van der Waals surface area contributed by atoms with E-state index in [4.69, 9.17) is 39.4 Å². The van der Waals surface area contributed by atoms with Crippen molar-refractivity contribution in [2.45, 2.75) is 175 Å². The van der Waals surface area contributed by atoms with Crippen LogP contribution in [0.1, 0.15) is 148 Å². The molecule has 12 aromatic rings. The summed E-state index contributed by atoms with van der Waals surface area (Å²) in [6.45, 7) is 30.4. The SMILES string of the molecule is C.CC.CC.CC(=O)OC(C)(C)C.CC=CC.CCCC.Cc1c2ccccc2c(CC(=O)O)c2ccccc12.Cc1c2ccccc2c(CC(=O)OCC(COC(=O)Cc2c3ccccc3c(C)c3ccccc23)OC(=O)Cc2c3ccccc3c(C)c3ccccc23)c2ccccc12.OCC(O)CO. The third kappa shape index (κ3) is 24.1. The second kappa shape index (κ2) is 44.5. The van der Waals surface area contributed by atoms with Crippen molar-refractivity contribution in [2.24, 2.45) is 0 Å². The Morgan fingerprint density at radius 1 is 0.387 bits per heavy atom. The molecule has 0 unspecified atom stereocenters. The molecule has 0 radical (unpaired) electrons. The van der Waals surface area contributed by atoms with Gasteiger partial charge in [-0.25, -0.2) is 0 Å². The number of hydrogen-bond donors (Lipinski definition) is 4. The molecule has 0 amide bonds. The number of carboxylic acid groups (broad SMARTS) is 1. The van der Waals surface area contributed by atoms with Crippen molar-refractivity contribution in [1.29, 1.82) is 0 Å². The quantitative estimate of drug-likeness (QED) is 0.0308. The molecular formula is C93H112O13. The maximum absolute atomic E-state index is 14.0. The van der Waals surface area contributed by atoms with Crippen molar-refractivity contribution < 1.29 is 63.3 Å². The average Bonchev–Trinajstić information content (AvgIpc) is 0.783. The molecule has 0 aliphatic heterocycles. The number of ether oxygens (including phenoxy) is 4. The zero-order chi connectivity index (χ0) is 77.3. The molecule has 0 saturated carbocycles. The summed E-state index contributed by atoms with van der Waals surface area (Å²) in [6.07, 6.45) is 4.69. The van der Waals surface area contributed by atoms with E-state index in [1.165, 1.54) is 25.3 Å². The Kier molecular flexibility index (Phi) is 37.0.